The molecular weight excluding hydrogens is 443 g/mol. The monoisotopic (exact) mass is 475 g/mol. The molecule has 2 saturated heterocycles. The van der Waals surface area contributed by atoms with Gasteiger partial charge in [0.25, 0.3) is 0 Å². The number of nitrogens with zero attached hydrogens (tertiary/aromatic N) is 4. The lowest BCUT2D eigenvalue weighted by Gasteiger charge is -2.36. The quantitative estimate of drug-likeness (QED) is 0.661. The molecule has 0 spiro atoms. The van der Waals surface area contributed by atoms with E-state index in [0.29, 0.717) is 25.3 Å². The normalized spacial score (nSPS) is 18.2. The smallest absolute Gasteiger partial charge is 0.369 e. The lowest BCUT2D eigenvalue weighted by molar-refractivity contribution is -0.137. The van der Waals surface area contributed by atoms with Crippen molar-refractivity contribution in [1.29, 1.82) is 0 Å². The minimum Gasteiger partial charge on any atom is -0.369 e. The molecule has 3 heterocycles. The van der Waals surface area contributed by atoms with Crippen LogP contribution in [0.2, 0.25) is 0 Å². The fourth-order valence-corrected chi connectivity index (χ4v) is 4.63. The summed E-state index contributed by atoms with van der Waals surface area (Å²) in [6.45, 7) is 6.27. The number of benzene rings is 1. The van der Waals surface area contributed by atoms with Gasteiger partial charge in [0.2, 0.25) is 5.91 Å². The summed E-state index contributed by atoms with van der Waals surface area (Å²) in [5.41, 5.74) is 0.526. The first-order valence-electron chi connectivity index (χ1n) is 12.0. The molecule has 0 unspecified atom stereocenters. The number of carbonyl (C=O) groups is 1. The van der Waals surface area contributed by atoms with E-state index in [1.165, 1.54) is 11.8 Å². The summed E-state index contributed by atoms with van der Waals surface area (Å²) in [6.07, 6.45) is -0.624. The Hall–Kier alpha value is -2.81. The van der Waals surface area contributed by atoms with Gasteiger partial charge in [-0.2, -0.15) is 13.2 Å². The number of piperazine rings is 1. The van der Waals surface area contributed by atoms with Gasteiger partial charge < -0.3 is 15.1 Å². The average Bonchev–Trinajstić information content (AvgIpc) is 2.85. The van der Waals surface area contributed by atoms with E-state index >= 15 is 0 Å². The van der Waals surface area contributed by atoms with Crippen LogP contribution in [-0.4, -0.2) is 67.6 Å². The number of nitrogens with one attached hydrogen (secondary N) is 1. The molecule has 0 saturated carbocycles. The molecule has 6 nitrogen and oxygen atoms in total. The van der Waals surface area contributed by atoms with E-state index in [0.717, 1.165) is 64.2 Å². The molecule has 0 atom stereocenters. The van der Waals surface area contributed by atoms with E-state index in [4.69, 9.17) is 0 Å². The van der Waals surface area contributed by atoms with Gasteiger partial charge in [0.15, 0.2) is 0 Å². The first kappa shape index (κ1) is 24.3. The summed E-state index contributed by atoms with van der Waals surface area (Å²) >= 11 is 0. The van der Waals surface area contributed by atoms with Crippen molar-refractivity contribution in [2.24, 2.45) is 0 Å². The first-order valence-corrected chi connectivity index (χ1v) is 12.0. The maximum Gasteiger partial charge on any atom is 0.417 e. The number of anilines is 2. The molecule has 34 heavy (non-hydrogen) atoms. The fraction of sp³-hybridized carbons (Fsp3) is 0.520. The summed E-state index contributed by atoms with van der Waals surface area (Å²) in [5, 5.41) is 3.12. The van der Waals surface area contributed by atoms with Gasteiger partial charge in [-0.1, -0.05) is 18.2 Å². The number of hydrogen-bond acceptors (Lipinski definition) is 5. The summed E-state index contributed by atoms with van der Waals surface area (Å²) in [5.74, 6) is 0.624. The molecule has 9 heteroatoms. The summed E-state index contributed by atoms with van der Waals surface area (Å²) in [7, 11) is 0. The molecule has 0 aliphatic carbocycles. The minimum atomic E-state index is -4.38. The molecule has 1 aromatic heterocycles. The number of alkyl halides is 3. The average molecular weight is 476 g/mol. The highest BCUT2D eigenvalue weighted by molar-refractivity contribution is 5.76. The molecule has 2 fully saturated rings. The third-order valence-corrected chi connectivity index (χ3v) is 6.63. The van der Waals surface area contributed by atoms with Gasteiger partial charge >= 0.3 is 6.18 Å². The van der Waals surface area contributed by atoms with Crippen LogP contribution in [0.5, 0.6) is 0 Å². The number of para-hydroxylation sites is 1. The highest BCUT2D eigenvalue weighted by Gasteiger charge is 2.31. The third kappa shape index (κ3) is 6.62. The van der Waals surface area contributed by atoms with E-state index in [-0.39, 0.29) is 11.9 Å². The number of hydrogen-bond donors (Lipinski definition) is 1. The zero-order chi connectivity index (χ0) is 24.0. The Labute approximate surface area is 198 Å². The van der Waals surface area contributed by atoms with Crippen LogP contribution in [0.25, 0.3) is 0 Å². The number of piperidine rings is 1. The second-order valence-electron chi connectivity index (χ2n) is 9.00. The van der Waals surface area contributed by atoms with Crippen molar-refractivity contribution >= 4 is 17.4 Å². The van der Waals surface area contributed by atoms with Crippen LogP contribution in [0.1, 0.15) is 31.2 Å². The fourth-order valence-electron chi connectivity index (χ4n) is 4.63. The molecule has 2 aliphatic rings. The Kier molecular flexibility index (Phi) is 7.92. The number of rotatable bonds is 7. The number of amides is 1. The van der Waals surface area contributed by atoms with Gasteiger partial charge in [0.1, 0.15) is 5.82 Å². The van der Waals surface area contributed by atoms with Crippen LogP contribution in [0, 0.1) is 0 Å². The Morgan fingerprint density at radius 1 is 0.941 bits per heavy atom. The van der Waals surface area contributed by atoms with Crippen molar-refractivity contribution in [2.75, 3.05) is 55.6 Å². The Balaban J connectivity index is 1.11. The van der Waals surface area contributed by atoms with E-state index in [1.54, 1.807) is 0 Å². The van der Waals surface area contributed by atoms with Crippen molar-refractivity contribution in [2.45, 2.75) is 37.9 Å². The lowest BCUT2D eigenvalue weighted by Crippen LogP contribution is -2.47. The highest BCUT2D eigenvalue weighted by atomic mass is 19.4. The van der Waals surface area contributed by atoms with Crippen molar-refractivity contribution < 1.29 is 18.0 Å². The molecule has 1 aromatic carbocycles. The zero-order valence-electron chi connectivity index (χ0n) is 19.3. The van der Waals surface area contributed by atoms with Gasteiger partial charge in [-0.25, -0.2) is 4.98 Å². The molecule has 0 radical (unpaired) electrons. The predicted octanol–water partition coefficient (Wildman–Crippen LogP) is 3.79. The lowest BCUT2D eigenvalue weighted by atomic mass is 10.0. The molecule has 2 aliphatic heterocycles. The minimum absolute atomic E-state index is 0.0778. The van der Waals surface area contributed by atoms with Crippen molar-refractivity contribution in [1.82, 2.24) is 15.2 Å². The standard InChI is InChI=1S/C25H32F3N5O/c26-25(27,28)20-8-9-23(29-19-20)33-13-10-21(11-14-33)30-24(34)7-4-12-31-15-17-32(18-16-31)22-5-2-1-3-6-22/h1-3,5-6,8-9,19,21H,4,7,10-18H2,(H,30,34). The zero-order valence-corrected chi connectivity index (χ0v) is 19.3. The first-order chi connectivity index (χ1) is 16.4. The van der Waals surface area contributed by atoms with Crippen LogP contribution in [-0.2, 0) is 11.0 Å². The van der Waals surface area contributed by atoms with Gasteiger partial charge in [0.05, 0.1) is 5.56 Å². The highest BCUT2D eigenvalue weighted by Crippen LogP contribution is 2.29. The van der Waals surface area contributed by atoms with E-state index < -0.39 is 11.7 Å². The number of halogens is 3. The Morgan fingerprint density at radius 2 is 1.65 bits per heavy atom. The van der Waals surface area contributed by atoms with Crippen LogP contribution < -0.4 is 15.1 Å². The number of pyridine rings is 1. The van der Waals surface area contributed by atoms with Gasteiger partial charge in [0, 0.05) is 63.6 Å². The summed E-state index contributed by atoms with van der Waals surface area (Å²) in [4.78, 5) is 23.2. The van der Waals surface area contributed by atoms with E-state index in [1.807, 2.05) is 11.0 Å². The molecule has 0 bridgehead atoms. The van der Waals surface area contributed by atoms with Crippen LogP contribution >= 0.6 is 0 Å². The maximum absolute atomic E-state index is 12.7. The molecule has 2 aromatic rings. The van der Waals surface area contributed by atoms with Gasteiger partial charge in [-0.05, 0) is 50.1 Å². The number of aromatic nitrogens is 1. The SMILES string of the molecule is O=C(CCCN1CCN(c2ccccc2)CC1)NC1CCN(c2ccc(C(F)(F)F)cn2)CC1. The number of carbonyl (C=O) groups excluding carboxylic acids is 1. The summed E-state index contributed by atoms with van der Waals surface area (Å²) < 4.78 is 38.1. The third-order valence-electron chi connectivity index (χ3n) is 6.63. The molecular formula is C25H32F3N5O. The van der Waals surface area contributed by atoms with Crippen LogP contribution in [0.3, 0.4) is 0 Å². The second kappa shape index (κ2) is 11.1. The van der Waals surface area contributed by atoms with Crippen LogP contribution in [0.4, 0.5) is 24.7 Å². The van der Waals surface area contributed by atoms with Crippen LogP contribution in [0.15, 0.2) is 48.7 Å². The Bertz CT molecular complexity index is 906. The van der Waals surface area contributed by atoms with Crippen molar-refractivity contribution in [3.05, 3.63) is 54.2 Å². The van der Waals surface area contributed by atoms with Crippen molar-refractivity contribution in [3.8, 4) is 0 Å². The molecule has 1 amide bonds. The van der Waals surface area contributed by atoms with Gasteiger partial charge in [-0.3, -0.25) is 9.69 Å². The second-order valence-corrected chi connectivity index (χ2v) is 9.00. The summed E-state index contributed by atoms with van der Waals surface area (Å²) in [6, 6.07) is 13.0. The van der Waals surface area contributed by atoms with Gasteiger partial charge in [-0.15, -0.1) is 0 Å². The molecule has 4 rings (SSSR count). The van der Waals surface area contributed by atoms with E-state index in [2.05, 4.69) is 44.4 Å². The molecule has 184 valence electrons. The topological polar surface area (TPSA) is 51.7 Å². The largest absolute Gasteiger partial charge is 0.417 e. The Morgan fingerprint density at radius 3 is 2.26 bits per heavy atom. The maximum atomic E-state index is 12.7. The predicted molar refractivity (Wildman–Crippen MR) is 127 cm³/mol. The van der Waals surface area contributed by atoms with E-state index in [9.17, 15) is 18.0 Å². The molecule has 1 N–H and O–H groups in total. The van der Waals surface area contributed by atoms with Crippen molar-refractivity contribution in [3.63, 3.8) is 0 Å².